The highest BCUT2D eigenvalue weighted by atomic mass is 79.9. The van der Waals surface area contributed by atoms with Gasteiger partial charge in [-0.3, -0.25) is 4.79 Å². The first-order valence-corrected chi connectivity index (χ1v) is 7.13. The molecule has 1 aliphatic rings. The van der Waals surface area contributed by atoms with Gasteiger partial charge < -0.3 is 14.7 Å². The van der Waals surface area contributed by atoms with E-state index >= 15 is 0 Å². The second-order valence-corrected chi connectivity index (χ2v) is 5.21. The summed E-state index contributed by atoms with van der Waals surface area (Å²) in [5.74, 6) is -1.55. The van der Waals surface area contributed by atoms with Crippen LogP contribution >= 0.6 is 15.9 Å². The van der Waals surface area contributed by atoms with Gasteiger partial charge in [0, 0.05) is 18.4 Å². The molecular weight excluding hydrogens is 317 g/mol. The van der Waals surface area contributed by atoms with E-state index in [1.807, 2.05) is 6.92 Å². The predicted molar refractivity (Wildman–Crippen MR) is 72.1 cm³/mol. The van der Waals surface area contributed by atoms with Crippen LogP contribution in [0.3, 0.4) is 0 Å². The number of hydrogen-bond donors (Lipinski definition) is 1. The Morgan fingerprint density at radius 1 is 1.58 bits per heavy atom. The zero-order valence-corrected chi connectivity index (χ0v) is 12.1. The first-order valence-electron chi connectivity index (χ1n) is 6.01. The number of halogens is 2. The van der Waals surface area contributed by atoms with E-state index in [1.54, 1.807) is 0 Å². The minimum Gasteiger partial charge on any atom is -0.507 e. The number of phenolic OH excluding ortho intramolecular Hbond substituents is 1. The fourth-order valence-electron chi connectivity index (χ4n) is 2.18. The fourth-order valence-corrected chi connectivity index (χ4v) is 2.54. The number of hydrogen-bond acceptors (Lipinski definition) is 3. The standard InChI is InChI=1S/C13H15BrFNO3/c1-8-6-16(7-9(5-14)19-8)13(18)12-10(15)3-2-4-11(12)17/h2-4,8-9,17H,5-7H2,1H3. The van der Waals surface area contributed by atoms with Gasteiger partial charge in [-0.05, 0) is 19.1 Å². The molecular formula is C13H15BrFNO3. The van der Waals surface area contributed by atoms with E-state index in [2.05, 4.69) is 15.9 Å². The SMILES string of the molecule is CC1CN(C(=O)c2c(O)cccc2F)CC(CBr)O1. The quantitative estimate of drug-likeness (QED) is 0.845. The molecule has 1 fully saturated rings. The van der Waals surface area contributed by atoms with Crippen molar-refractivity contribution in [1.29, 1.82) is 0 Å². The van der Waals surface area contributed by atoms with Crippen molar-refractivity contribution in [2.24, 2.45) is 0 Å². The highest BCUT2D eigenvalue weighted by Gasteiger charge is 2.30. The molecule has 0 aliphatic carbocycles. The van der Waals surface area contributed by atoms with Gasteiger partial charge in [0.05, 0.1) is 12.2 Å². The minimum atomic E-state index is -0.709. The van der Waals surface area contributed by atoms with E-state index < -0.39 is 11.7 Å². The number of carbonyl (C=O) groups is 1. The maximum Gasteiger partial charge on any atom is 0.260 e. The first kappa shape index (κ1) is 14.3. The number of morpholine rings is 1. The summed E-state index contributed by atoms with van der Waals surface area (Å²) >= 11 is 3.31. The summed E-state index contributed by atoms with van der Waals surface area (Å²) in [6.45, 7) is 2.62. The van der Waals surface area contributed by atoms with Crippen LogP contribution in [-0.4, -0.2) is 46.5 Å². The summed E-state index contributed by atoms with van der Waals surface area (Å²) in [6.07, 6.45) is -0.240. The van der Waals surface area contributed by atoms with E-state index in [4.69, 9.17) is 4.74 Å². The molecule has 6 heteroatoms. The van der Waals surface area contributed by atoms with E-state index in [1.165, 1.54) is 23.1 Å². The molecule has 1 saturated heterocycles. The number of alkyl halides is 1. The number of carbonyl (C=O) groups excluding carboxylic acids is 1. The number of phenols is 1. The van der Waals surface area contributed by atoms with Crippen molar-refractivity contribution in [3.63, 3.8) is 0 Å². The lowest BCUT2D eigenvalue weighted by molar-refractivity contribution is -0.0561. The molecule has 0 radical (unpaired) electrons. The molecule has 0 aromatic heterocycles. The van der Waals surface area contributed by atoms with Gasteiger partial charge in [-0.15, -0.1) is 0 Å². The highest BCUT2D eigenvalue weighted by Crippen LogP contribution is 2.23. The van der Waals surface area contributed by atoms with Gasteiger partial charge in [-0.25, -0.2) is 4.39 Å². The van der Waals surface area contributed by atoms with Gasteiger partial charge in [0.25, 0.3) is 5.91 Å². The molecule has 0 bridgehead atoms. The van der Waals surface area contributed by atoms with Gasteiger partial charge >= 0.3 is 0 Å². The Morgan fingerprint density at radius 3 is 2.95 bits per heavy atom. The predicted octanol–water partition coefficient (Wildman–Crippen LogP) is 2.16. The molecule has 104 valence electrons. The van der Waals surface area contributed by atoms with Crippen LogP contribution in [0.1, 0.15) is 17.3 Å². The number of rotatable bonds is 2. The number of aromatic hydroxyl groups is 1. The lowest BCUT2D eigenvalue weighted by Gasteiger charge is -2.36. The Hall–Kier alpha value is -1.14. The summed E-state index contributed by atoms with van der Waals surface area (Å²) < 4.78 is 19.3. The van der Waals surface area contributed by atoms with E-state index in [0.717, 1.165) is 0 Å². The topological polar surface area (TPSA) is 49.8 Å². The first-order chi connectivity index (χ1) is 9.02. The Balaban J connectivity index is 2.24. The average Bonchev–Trinajstić information content (AvgIpc) is 2.37. The number of benzene rings is 1. The molecule has 1 heterocycles. The van der Waals surface area contributed by atoms with Gasteiger partial charge in [-0.2, -0.15) is 0 Å². The van der Waals surface area contributed by atoms with Crippen molar-refractivity contribution >= 4 is 21.8 Å². The van der Waals surface area contributed by atoms with Crippen molar-refractivity contribution in [3.05, 3.63) is 29.6 Å². The molecule has 2 rings (SSSR count). The van der Waals surface area contributed by atoms with E-state index in [-0.39, 0.29) is 23.5 Å². The maximum absolute atomic E-state index is 13.7. The molecule has 1 aromatic carbocycles. The zero-order chi connectivity index (χ0) is 14.0. The Labute approximate surface area is 119 Å². The summed E-state index contributed by atoms with van der Waals surface area (Å²) in [7, 11) is 0. The Bertz CT molecular complexity index is 463. The lowest BCUT2D eigenvalue weighted by Crippen LogP contribution is -2.49. The Morgan fingerprint density at radius 2 is 2.32 bits per heavy atom. The van der Waals surface area contributed by atoms with E-state index in [9.17, 15) is 14.3 Å². The van der Waals surface area contributed by atoms with Crippen LogP contribution in [0.4, 0.5) is 4.39 Å². The molecule has 2 atom stereocenters. The largest absolute Gasteiger partial charge is 0.507 e. The molecule has 4 nitrogen and oxygen atoms in total. The normalized spacial score (nSPS) is 23.4. The van der Waals surface area contributed by atoms with Crippen LogP contribution in [-0.2, 0) is 4.74 Å². The Kier molecular flexibility index (Phi) is 4.42. The van der Waals surface area contributed by atoms with Crippen LogP contribution in [0, 0.1) is 5.82 Å². The van der Waals surface area contributed by atoms with Gasteiger partial charge in [-0.1, -0.05) is 22.0 Å². The maximum atomic E-state index is 13.7. The van der Waals surface area contributed by atoms with Crippen molar-refractivity contribution in [2.45, 2.75) is 19.1 Å². The zero-order valence-electron chi connectivity index (χ0n) is 10.5. The van der Waals surface area contributed by atoms with Crippen molar-refractivity contribution in [2.75, 3.05) is 18.4 Å². The summed E-state index contributed by atoms with van der Waals surface area (Å²) in [6, 6.07) is 3.84. The molecule has 1 aromatic rings. The lowest BCUT2D eigenvalue weighted by atomic mass is 10.1. The van der Waals surface area contributed by atoms with E-state index in [0.29, 0.717) is 18.4 Å². The molecule has 19 heavy (non-hydrogen) atoms. The number of amides is 1. The third-order valence-electron chi connectivity index (χ3n) is 2.99. The summed E-state index contributed by atoms with van der Waals surface area (Å²) in [4.78, 5) is 13.8. The number of ether oxygens (including phenoxy) is 1. The highest BCUT2D eigenvalue weighted by molar-refractivity contribution is 9.09. The van der Waals surface area contributed by atoms with Crippen LogP contribution in [0.15, 0.2) is 18.2 Å². The monoisotopic (exact) mass is 331 g/mol. The van der Waals surface area contributed by atoms with Crippen LogP contribution < -0.4 is 0 Å². The van der Waals surface area contributed by atoms with Crippen LogP contribution in [0.5, 0.6) is 5.75 Å². The second-order valence-electron chi connectivity index (χ2n) is 4.57. The smallest absolute Gasteiger partial charge is 0.260 e. The molecule has 1 N–H and O–H groups in total. The minimum absolute atomic E-state index is 0.117. The number of nitrogens with zero attached hydrogens (tertiary/aromatic N) is 1. The third-order valence-corrected chi connectivity index (χ3v) is 3.71. The fraction of sp³-hybridized carbons (Fsp3) is 0.462. The second kappa shape index (κ2) is 5.88. The summed E-state index contributed by atoms with van der Waals surface area (Å²) in [5, 5.41) is 10.3. The van der Waals surface area contributed by atoms with Gasteiger partial charge in [0.1, 0.15) is 17.1 Å². The van der Waals surface area contributed by atoms with Crippen molar-refractivity contribution in [3.8, 4) is 5.75 Å². The van der Waals surface area contributed by atoms with Gasteiger partial charge in [0.2, 0.25) is 0 Å². The van der Waals surface area contributed by atoms with Crippen LogP contribution in [0.2, 0.25) is 0 Å². The average molecular weight is 332 g/mol. The van der Waals surface area contributed by atoms with Crippen molar-refractivity contribution < 1.29 is 19.0 Å². The molecule has 0 spiro atoms. The van der Waals surface area contributed by atoms with Gasteiger partial charge in [0.15, 0.2) is 0 Å². The molecule has 2 unspecified atom stereocenters. The molecule has 1 amide bonds. The van der Waals surface area contributed by atoms with Crippen molar-refractivity contribution in [1.82, 2.24) is 4.90 Å². The van der Waals surface area contributed by atoms with Crippen LogP contribution in [0.25, 0.3) is 0 Å². The summed E-state index contributed by atoms with van der Waals surface area (Å²) in [5.41, 5.74) is -0.273. The molecule has 0 saturated carbocycles. The molecule has 1 aliphatic heterocycles. The third kappa shape index (κ3) is 3.06.